The van der Waals surface area contributed by atoms with Crippen LogP contribution >= 0.6 is 23.7 Å². The molecule has 1 amide bonds. The van der Waals surface area contributed by atoms with Gasteiger partial charge in [-0.15, -0.1) is 23.7 Å². The largest absolute Gasteiger partial charge is 0.330 e. The second-order valence-corrected chi connectivity index (χ2v) is 5.95. The van der Waals surface area contributed by atoms with Crippen molar-refractivity contribution in [3.05, 3.63) is 52.0 Å². The molecule has 0 spiro atoms. The molecule has 1 atom stereocenters. The fourth-order valence-electron chi connectivity index (χ4n) is 2.08. The monoisotopic (exact) mass is 339 g/mol. The molecule has 120 valence electrons. The third-order valence-corrected chi connectivity index (χ3v) is 4.40. The summed E-state index contributed by atoms with van der Waals surface area (Å²) in [4.78, 5) is 18.9. The summed E-state index contributed by atoms with van der Waals surface area (Å²) in [5.41, 5.74) is 7.19. The zero-order valence-corrected chi connectivity index (χ0v) is 14.5. The van der Waals surface area contributed by atoms with E-state index >= 15 is 0 Å². The number of carbonyl (C=O) groups excluding carboxylic acids is 1. The molecule has 0 aliphatic carbocycles. The molecule has 1 aromatic heterocycles. The highest BCUT2D eigenvalue weighted by atomic mass is 35.5. The number of nitrogens with zero attached hydrogens (tertiary/aromatic N) is 2. The van der Waals surface area contributed by atoms with Crippen LogP contribution in [0.15, 0.2) is 35.7 Å². The van der Waals surface area contributed by atoms with Crippen LogP contribution in [0.5, 0.6) is 0 Å². The zero-order valence-electron chi connectivity index (χ0n) is 12.9. The van der Waals surface area contributed by atoms with Crippen molar-refractivity contribution in [2.24, 2.45) is 5.73 Å². The average molecular weight is 340 g/mol. The van der Waals surface area contributed by atoms with Gasteiger partial charge in [0.2, 0.25) is 0 Å². The lowest BCUT2D eigenvalue weighted by molar-refractivity contribution is 0.0666. The van der Waals surface area contributed by atoms with E-state index in [-0.39, 0.29) is 24.4 Å². The summed E-state index contributed by atoms with van der Waals surface area (Å²) in [6, 6.07) is 10.2. The Morgan fingerprint density at radius 2 is 2.05 bits per heavy atom. The number of aromatic nitrogens is 1. The lowest BCUT2D eigenvalue weighted by atomic mass is 10.1. The number of benzene rings is 1. The SMILES string of the molecule is CCC(C)N(Cc1ccccc1)C(=O)c1csc(CN)n1.Cl. The van der Waals surface area contributed by atoms with Gasteiger partial charge in [0.1, 0.15) is 10.7 Å². The first-order chi connectivity index (χ1) is 10.2. The van der Waals surface area contributed by atoms with E-state index in [0.717, 1.165) is 17.0 Å². The van der Waals surface area contributed by atoms with Crippen molar-refractivity contribution in [3.8, 4) is 0 Å². The Kier molecular flexibility index (Phi) is 7.51. The maximum Gasteiger partial charge on any atom is 0.273 e. The molecule has 0 aliphatic rings. The maximum absolute atomic E-state index is 12.7. The molecule has 0 bridgehead atoms. The Balaban J connectivity index is 0.00000242. The van der Waals surface area contributed by atoms with Crippen LogP contribution < -0.4 is 5.73 Å². The Hall–Kier alpha value is -1.43. The molecule has 0 fully saturated rings. The van der Waals surface area contributed by atoms with Crippen LogP contribution in [0.3, 0.4) is 0 Å². The fraction of sp³-hybridized carbons (Fsp3) is 0.375. The highest BCUT2D eigenvalue weighted by molar-refractivity contribution is 7.09. The van der Waals surface area contributed by atoms with Crippen LogP contribution in [0.25, 0.3) is 0 Å². The van der Waals surface area contributed by atoms with Crippen molar-refractivity contribution in [1.82, 2.24) is 9.88 Å². The Labute approximate surface area is 141 Å². The number of rotatable bonds is 6. The van der Waals surface area contributed by atoms with Crippen LogP contribution in [-0.2, 0) is 13.1 Å². The van der Waals surface area contributed by atoms with Crippen molar-refractivity contribution < 1.29 is 4.79 Å². The van der Waals surface area contributed by atoms with Gasteiger partial charge in [0.15, 0.2) is 0 Å². The Morgan fingerprint density at radius 1 is 1.36 bits per heavy atom. The molecule has 2 rings (SSSR count). The van der Waals surface area contributed by atoms with Crippen molar-refractivity contribution in [2.45, 2.75) is 39.4 Å². The molecular formula is C16H22ClN3OS. The van der Waals surface area contributed by atoms with E-state index in [1.165, 1.54) is 11.3 Å². The van der Waals surface area contributed by atoms with Gasteiger partial charge in [-0.2, -0.15) is 0 Å². The van der Waals surface area contributed by atoms with Gasteiger partial charge in [0.25, 0.3) is 5.91 Å². The van der Waals surface area contributed by atoms with Gasteiger partial charge in [-0.05, 0) is 18.9 Å². The molecule has 6 heteroatoms. The predicted octanol–water partition coefficient (Wildman–Crippen LogP) is 3.46. The Morgan fingerprint density at radius 3 is 2.59 bits per heavy atom. The molecule has 2 N–H and O–H groups in total. The summed E-state index contributed by atoms with van der Waals surface area (Å²) in [7, 11) is 0. The van der Waals surface area contributed by atoms with Crippen LogP contribution in [-0.4, -0.2) is 21.8 Å². The molecule has 0 saturated carbocycles. The number of hydrogen-bond acceptors (Lipinski definition) is 4. The molecule has 0 saturated heterocycles. The van der Waals surface area contributed by atoms with E-state index in [0.29, 0.717) is 18.8 Å². The lowest BCUT2D eigenvalue weighted by Gasteiger charge is -2.28. The minimum absolute atomic E-state index is 0. The molecule has 1 aromatic carbocycles. The van der Waals surface area contributed by atoms with Crippen LogP contribution in [0.1, 0.15) is 41.3 Å². The van der Waals surface area contributed by atoms with Crippen molar-refractivity contribution in [2.75, 3.05) is 0 Å². The smallest absolute Gasteiger partial charge is 0.273 e. The number of halogens is 1. The molecule has 4 nitrogen and oxygen atoms in total. The standard InChI is InChI=1S/C16H21N3OS.ClH/c1-3-12(2)19(10-13-7-5-4-6-8-13)16(20)14-11-21-15(9-17)18-14;/h4-8,11-12H,3,9-10,17H2,1-2H3;1H. The number of hydrogen-bond donors (Lipinski definition) is 1. The van der Waals surface area contributed by atoms with E-state index in [1.807, 2.05) is 35.2 Å². The van der Waals surface area contributed by atoms with Crippen molar-refractivity contribution in [3.63, 3.8) is 0 Å². The van der Waals surface area contributed by atoms with Gasteiger partial charge in [0, 0.05) is 24.5 Å². The summed E-state index contributed by atoms with van der Waals surface area (Å²) in [5.74, 6) is -0.0239. The van der Waals surface area contributed by atoms with Gasteiger partial charge < -0.3 is 10.6 Å². The highest BCUT2D eigenvalue weighted by Crippen LogP contribution is 2.17. The average Bonchev–Trinajstić information content (AvgIpc) is 3.01. The van der Waals surface area contributed by atoms with Gasteiger partial charge in [-0.25, -0.2) is 4.98 Å². The summed E-state index contributed by atoms with van der Waals surface area (Å²) < 4.78 is 0. The number of amides is 1. The molecule has 1 unspecified atom stereocenters. The second-order valence-electron chi connectivity index (χ2n) is 5.01. The normalized spacial score (nSPS) is 11.6. The van der Waals surface area contributed by atoms with E-state index in [4.69, 9.17) is 5.73 Å². The minimum atomic E-state index is -0.0239. The molecule has 0 aliphatic heterocycles. The summed E-state index contributed by atoms with van der Waals surface area (Å²) in [6.45, 7) is 5.13. The number of nitrogens with two attached hydrogens (primary N) is 1. The third-order valence-electron chi connectivity index (χ3n) is 3.52. The van der Waals surface area contributed by atoms with E-state index < -0.39 is 0 Å². The van der Waals surface area contributed by atoms with Crippen molar-refractivity contribution in [1.29, 1.82) is 0 Å². The lowest BCUT2D eigenvalue weighted by Crippen LogP contribution is -2.38. The van der Waals surface area contributed by atoms with E-state index in [1.54, 1.807) is 5.38 Å². The molecule has 2 aromatic rings. The fourth-order valence-corrected chi connectivity index (χ4v) is 2.73. The molecule has 22 heavy (non-hydrogen) atoms. The van der Waals surface area contributed by atoms with Crippen molar-refractivity contribution >= 4 is 29.7 Å². The van der Waals surface area contributed by atoms with Crippen LogP contribution in [0, 0.1) is 0 Å². The quantitative estimate of drug-likeness (QED) is 0.876. The van der Waals surface area contributed by atoms with E-state index in [2.05, 4.69) is 18.8 Å². The van der Waals surface area contributed by atoms with Crippen LogP contribution in [0.2, 0.25) is 0 Å². The highest BCUT2D eigenvalue weighted by Gasteiger charge is 2.22. The maximum atomic E-state index is 12.7. The van der Waals surface area contributed by atoms with Gasteiger partial charge in [0.05, 0.1) is 0 Å². The predicted molar refractivity (Wildman–Crippen MR) is 93.3 cm³/mol. The second kappa shape index (κ2) is 8.88. The van der Waals surface area contributed by atoms with E-state index in [9.17, 15) is 4.79 Å². The van der Waals surface area contributed by atoms with Gasteiger partial charge in [-0.1, -0.05) is 37.3 Å². The first-order valence-corrected chi connectivity index (χ1v) is 8.03. The third kappa shape index (κ3) is 4.53. The topological polar surface area (TPSA) is 59.2 Å². The summed E-state index contributed by atoms with van der Waals surface area (Å²) >= 11 is 1.44. The van der Waals surface area contributed by atoms with Crippen LogP contribution in [0.4, 0.5) is 0 Å². The molecular weight excluding hydrogens is 318 g/mol. The number of carbonyl (C=O) groups is 1. The van der Waals surface area contributed by atoms with Gasteiger partial charge in [-0.3, -0.25) is 4.79 Å². The number of thiazole rings is 1. The molecule has 0 radical (unpaired) electrons. The summed E-state index contributed by atoms with van der Waals surface area (Å²) in [5, 5.41) is 2.59. The first-order valence-electron chi connectivity index (χ1n) is 7.15. The Bertz CT molecular complexity index is 588. The summed E-state index contributed by atoms with van der Waals surface area (Å²) in [6.07, 6.45) is 0.909. The molecule has 1 heterocycles. The zero-order chi connectivity index (χ0) is 15.2. The first kappa shape index (κ1) is 18.6. The van der Waals surface area contributed by atoms with Gasteiger partial charge >= 0.3 is 0 Å². The minimum Gasteiger partial charge on any atom is -0.330 e.